The van der Waals surface area contributed by atoms with Crippen LogP contribution in [-0.4, -0.2) is 24.4 Å². The predicted molar refractivity (Wildman–Crippen MR) is 108 cm³/mol. The maximum absolute atomic E-state index is 13.1. The van der Waals surface area contributed by atoms with Gasteiger partial charge in [0.25, 0.3) is 5.69 Å². The molecule has 0 spiro atoms. The van der Waals surface area contributed by atoms with Crippen LogP contribution in [0.2, 0.25) is 0 Å². The first kappa shape index (κ1) is 21.3. The molecular weight excluding hydrogens is 435 g/mol. The molecule has 0 aliphatic rings. The van der Waals surface area contributed by atoms with Gasteiger partial charge in [-0.05, 0) is 29.8 Å². The number of thiazole rings is 1. The largest absolute Gasteiger partial charge is 0.334 e. The lowest BCUT2D eigenvalue weighted by Crippen LogP contribution is -2.28. The number of rotatable bonds is 7. The van der Waals surface area contributed by atoms with Gasteiger partial charge in [0.05, 0.1) is 21.3 Å². The van der Waals surface area contributed by atoms with Crippen LogP contribution in [0.1, 0.15) is 11.3 Å². The summed E-state index contributed by atoms with van der Waals surface area (Å²) in [6.45, 7) is 0.107. The highest BCUT2D eigenvalue weighted by Crippen LogP contribution is 2.22. The lowest BCUT2D eigenvalue weighted by atomic mass is 10.2. The highest BCUT2D eigenvalue weighted by Gasteiger charge is 2.19. The Kier molecular flexibility index (Phi) is 6.37. The minimum absolute atomic E-state index is 0.0663. The summed E-state index contributed by atoms with van der Waals surface area (Å²) in [5.41, 5.74) is 0.594. The normalized spacial score (nSPS) is 11.1. The average molecular weight is 450 g/mol. The molecule has 0 aliphatic carbocycles. The lowest BCUT2D eigenvalue weighted by Gasteiger charge is -2.05. The van der Waals surface area contributed by atoms with E-state index < -0.39 is 32.4 Å². The number of halogens is 1. The molecule has 1 heterocycles. The Morgan fingerprint density at radius 3 is 2.60 bits per heavy atom. The van der Waals surface area contributed by atoms with Gasteiger partial charge in [0.15, 0.2) is 15.0 Å². The number of nitro benzene ring substituents is 1. The van der Waals surface area contributed by atoms with Crippen LogP contribution in [0.5, 0.6) is 0 Å². The van der Waals surface area contributed by atoms with E-state index in [0.29, 0.717) is 5.56 Å². The molecule has 2 aromatic carbocycles. The Bertz CT molecular complexity index is 1180. The van der Waals surface area contributed by atoms with Crippen LogP contribution in [0.15, 0.2) is 58.8 Å². The first-order valence-electron chi connectivity index (χ1n) is 8.44. The van der Waals surface area contributed by atoms with Gasteiger partial charge in [-0.25, -0.2) is 22.6 Å². The molecule has 0 saturated heterocycles. The third kappa shape index (κ3) is 5.58. The van der Waals surface area contributed by atoms with E-state index in [0.717, 1.165) is 23.5 Å². The number of nitro groups is 1. The van der Waals surface area contributed by atoms with Gasteiger partial charge in [-0.2, -0.15) is 0 Å². The van der Waals surface area contributed by atoms with Gasteiger partial charge in [0.1, 0.15) is 5.82 Å². The molecule has 1 aromatic heterocycles. The molecule has 9 nitrogen and oxygen atoms in total. The second-order valence-corrected chi connectivity index (χ2v) is 8.94. The Morgan fingerprint density at radius 2 is 1.93 bits per heavy atom. The summed E-state index contributed by atoms with van der Waals surface area (Å²) in [5.74, 6) is -0.832. The molecule has 0 fully saturated rings. The number of carbonyl (C=O) groups is 1. The summed E-state index contributed by atoms with van der Waals surface area (Å²) in [5, 5.41) is 17.4. The van der Waals surface area contributed by atoms with Crippen LogP contribution in [0.4, 0.5) is 20.0 Å². The maximum Gasteiger partial charge on any atom is 0.321 e. The van der Waals surface area contributed by atoms with Crippen molar-refractivity contribution >= 4 is 38.0 Å². The highest BCUT2D eigenvalue weighted by atomic mass is 32.2. The molecule has 0 atom stereocenters. The van der Waals surface area contributed by atoms with Crippen molar-refractivity contribution in [3.63, 3.8) is 0 Å². The van der Waals surface area contributed by atoms with Gasteiger partial charge in [-0.3, -0.25) is 15.4 Å². The first-order valence-corrected chi connectivity index (χ1v) is 11.0. The summed E-state index contributed by atoms with van der Waals surface area (Å²) < 4.78 is 38.1. The number of non-ortho nitro benzene ring substituents is 1. The number of aromatic nitrogens is 1. The fourth-order valence-electron chi connectivity index (χ4n) is 2.45. The van der Waals surface area contributed by atoms with Crippen molar-refractivity contribution in [2.24, 2.45) is 0 Å². The van der Waals surface area contributed by atoms with Crippen molar-refractivity contribution in [3.05, 3.63) is 81.1 Å². The number of hydrogen-bond donors (Lipinski definition) is 2. The van der Waals surface area contributed by atoms with E-state index in [1.807, 2.05) is 0 Å². The van der Waals surface area contributed by atoms with Crippen molar-refractivity contribution in [2.75, 3.05) is 5.32 Å². The number of hydrogen-bond acceptors (Lipinski definition) is 7. The Labute approximate surface area is 174 Å². The van der Waals surface area contributed by atoms with Gasteiger partial charge in [-0.1, -0.05) is 12.1 Å². The topological polar surface area (TPSA) is 131 Å². The zero-order valence-electron chi connectivity index (χ0n) is 15.2. The summed E-state index contributed by atoms with van der Waals surface area (Å²) in [7, 11) is -3.76. The number of carbonyl (C=O) groups excluding carboxylic acids is 1. The molecule has 30 heavy (non-hydrogen) atoms. The van der Waals surface area contributed by atoms with Gasteiger partial charge >= 0.3 is 6.03 Å². The molecule has 3 rings (SSSR count). The van der Waals surface area contributed by atoms with Crippen LogP contribution in [-0.2, 0) is 22.1 Å². The Balaban J connectivity index is 1.58. The third-order valence-corrected chi connectivity index (χ3v) is 6.33. The molecule has 2 N–H and O–H groups in total. The van der Waals surface area contributed by atoms with Gasteiger partial charge in [-0.15, -0.1) is 11.3 Å². The molecule has 0 bridgehead atoms. The zero-order valence-corrected chi connectivity index (χ0v) is 16.9. The van der Waals surface area contributed by atoms with E-state index in [2.05, 4.69) is 15.6 Å². The van der Waals surface area contributed by atoms with Crippen LogP contribution >= 0.6 is 11.3 Å². The number of benzene rings is 2. The average Bonchev–Trinajstić information content (AvgIpc) is 3.12. The van der Waals surface area contributed by atoms with Gasteiger partial charge in [0, 0.05) is 24.1 Å². The van der Waals surface area contributed by atoms with Crippen molar-refractivity contribution in [1.29, 1.82) is 0 Å². The second kappa shape index (κ2) is 8.97. The lowest BCUT2D eigenvalue weighted by molar-refractivity contribution is -0.384. The minimum atomic E-state index is -3.76. The van der Waals surface area contributed by atoms with E-state index in [1.54, 1.807) is 6.07 Å². The fraction of sp³-hybridized carbons (Fsp3) is 0.111. The summed E-state index contributed by atoms with van der Waals surface area (Å²) in [6, 6.07) is 9.77. The third-order valence-electron chi connectivity index (χ3n) is 3.86. The summed E-state index contributed by atoms with van der Waals surface area (Å²) in [4.78, 5) is 26.0. The highest BCUT2D eigenvalue weighted by molar-refractivity contribution is 7.90. The zero-order chi connectivity index (χ0) is 21.7. The van der Waals surface area contributed by atoms with E-state index >= 15 is 0 Å². The van der Waals surface area contributed by atoms with Crippen molar-refractivity contribution in [3.8, 4) is 0 Å². The molecule has 156 valence electrons. The molecule has 2 amide bonds. The van der Waals surface area contributed by atoms with Crippen molar-refractivity contribution in [2.45, 2.75) is 17.2 Å². The molecule has 0 unspecified atom stereocenters. The smallest absolute Gasteiger partial charge is 0.321 e. The number of nitrogens with zero attached hydrogens (tertiary/aromatic N) is 2. The van der Waals surface area contributed by atoms with Crippen LogP contribution in [0.25, 0.3) is 0 Å². The molecule has 12 heteroatoms. The van der Waals surface area contributed by atoms with Crippen LogP contribution in [0, 0.1) is 15.9 Å². The standard InChI is InChI=1S/C18H15FN4O5S2/c19-13-3-1-2-12(8-13)9-20-17(24)22-18-21-14(10-29-18)11-30(27,28)16-6-4-15(5-7-16)23(25)26/h1-8,10H,9,11H2,(H2,20,21,22,24). The van der Waals surface area contributed by atoms with Gasteiger partial charge in [0.2, 0.25) is 0 Å². The number of sulfone groups is 1. The summed E-state index contributed by atoms with van der Waals surface area (Å²) in [6.07, 6.45) is 0. The molecule has 0 radical (unpaired) electrons. The molecular formula is C18H15FN4O5S2. The SMILES string of the molecule is O=C(NCc1cccc(F)c1)Nc1nc(CS(=O)(=O)c2ccc([N+](=O)[O-])cc2)cs1. The molecule has 3 aromatic rings. The van der Waals surface area contributed by atoms with Crippen LogP contribution < -0.4 is 10.6 Å². The number of nitrogens with one attached hydrogen (secondary N) is 2. The molecule has 0 saturated carbocycles. The monoisotopic (exact) mass is 450 g/mol. The second-order valence-electron chi connectivity index (χ2n) is 6.09. The number of urea groups is 1. The van der Waals surface area contributed by atoms with E-state index in [9.17, 15) is 27.7 Å². The summed E-state index contributed by atoms with van der Waals surface area (Å²) >= 11 is 1.05. The number of anilines is 1. The van der Waals surface area contributed by atoms with Crippen LogP contribution in [0.3, 0.4) is 0 Å². The Morgan fingerprint density at radius 1 is 1.20 bits per heavy atom. The van der Waals surface area contributed by atoms with E-state index in [1.165, 1.54) is 35.7 Å². The van der Waals surface area contributed by atoms with E-state index in [4.69, 9.17) is 0 Å². The van der Waals surface area contributed by atoms with Crippen molar-refractivity contribution < 1.29 is 22.5 Å². The number of amides is 2. The molecule has 0 aliphatic heterocycles. The predicted octanol–water partition coefficient (Wildman–Crippen LogP) is 3.49. The maximum atomic E-state index is 13.1. The quantitative estimate of drug-likeness (QED) is 0.418. The minimum Gasteiger partial charge on any atom is -0.334 e. The van der Waals surface area contributed by atoms with E-state index in [-0.39, 0.29) is 28.0 Å². The Hall–Kier alpha value is -3.38. The van der Waals surface area contributed by atoms with Crippen molar-refractivity contribution in [1.82, 2.24) is 10.3 Å². The van der Waals surface area contributed by atoms with Gasteiger partial charge < -0.3 is 5.32 Å². The first-order chi connectivity index (χ1) is 14.2. The fourth-order valence-corrected chi connectivity index (χ4v) is 4.52.